The minimum Gasteiger partial charge on any atom is -0.508 e. The third kappa shape index (κ3) is 3.79. The number of hydrogen-bond acceptors (Lipinski definition) is 4. The first-order valence-corrected chi connectivity index (χ1v) is 7.06. The molecule has 0 spiro atoms. The number of aromatic hydroxyl groups is 2. The van der Waals surface area contributed by atoms with E-state index in [9.17, 15) is 15.0 Å². The highest BCUT2D eigenvalue weighted by molar-refractivity contribution is 5.92. The molecule has 0 aliphatic heterocycles. The monoisotopic (exact) mass is 300 g/mol. The van der Waals surface area contributed by atoms with Gasteiger partial charge in [0.1, 0.15) is 23.7 Å². The van der Waals surface area contributed by atoms with Crippen LogP contribution in [0, 0.1) is 0 Å². The van der Waals surface area contributed by atoms with Crippen LogP contribution in [0.15, 0.2) is 42.5 Å². The molecule has 0 unspecified atom stereocenters. The van der Waals surface area contributed by atoms with Crippen molar-refractivity contribution in [2.24, 2.45) is 0 Å². The van der Waals surface area contributed by atoms with Gasteiger partial charge in [0, 0.05) is 0 Å². The molecule has 2 N–H and O–H groups in total. The van der Waals surface area contributed by atoms with Crippen molar-refractivity contribution in [1.82, 2.24) is 0 Å². The van der Waals surface area contributed by atoms with E-state index in [1.54, 1.807) is 0 Å². The van der Waals surface area contributed by atoms with Crippen LogP contribution in [0.2, 0.25) is 0 Å². The lowest BCUT2D eigenvalue weighted by atomic mass is 9.87. The molecule has 0 radical (unpaired) electrons. The highest BCUT2D eigenvalue weighted by Crippen LogP contribution is 2.24. The summed E-state index contributed by atoms with van der Waals surface area (Å²) in [6, 6.07) is 11.6. The van der Waals surface area contributed by atoms with Gasteiger partial charge in [0.15, 0.2) is 0 Å². The molecule has 0 heterocycles. The van der Waals surface area contributed by atoms with Gasteiger partial charge in [-0.05, 0) is 34.7 Å². The van der Waals surface area contributed by atoms with Crippen LogP contribution in [0.5, 0.6) is 11.5 Å². The minimum absolute atomic E-state index is 0.0497. The van der Waals surface area contributed by atoms with Crippen molar-refractivity contribution >= 4 is 5.97 Å². The Bertz CT molecular complexity index is 666. The Hall–Kier alpha value is -2.49. The summed E-state index contributed by atoms with van der Waals surface area (Å²) in [6.45, 7) is 6.50. The maximum absolute atomic E-state index is 11.9. The molecular weight excluding hydrogens is 280 g/mol. The molecule has 0 bridgehead atoms. The van der Waals surface area contributed by atoms with E-state index in [1.807, 2.05) is 24.3 Å². The summed E-state index contributed by atoms with van der Waals surface area (Å²) in [7, 11) is 0. The molecule has 2 aromatic rings. The van der Waals surface area contributed by atoms with Gasteiger partial charge in [0.2, 0.25) is 0 Å². The molecule has 2 rings (SSSR count). The average Bonchev–Trinajstić information content (AvgIpc) is 2.47. The normalized spacial score (nSPS) is 11.2. The van der Waals surface area contributed by atoms with Crippen molar-refractivity contribution in [2.45, 2.75) is 32.8 Å². The summed E-state index contributed by atoms with van der Waals surface area (Å²) in [5, 5.41) is 19.0. The summed E-state index contributed by atoms with van der Waals surface area (Å²) in [5.74, 6) is -0.988. The Morgan fingerprint density at radius 3 is 2.27 bits per heavy atom. The third-order valence-corrected chi connectivity index (χ3v) is 3.39. The molecule has 4 nitrogen and oxygen atoms in total. The fraction of sp³-hybridized carbons (Fsp3) is 0.278. The smallest absolute Gasteiger partial charge is 0.342 e. The first-order valence-electron chi connectivity index (χ1n) is 7.06. The number of rotatable bonds is 3. The first-order chi connectivity index (χ1) is 10.3. The number of esters is 1. The van der Waals surface area contributed by atoms with Gasteiger partial charge in [0.25, 0.3) is 0 Å². The highest BCUT2D eigenvalue weighted by atomic mass is 16.5. The third-order valence-electron chi connectivity index (χ3n) is 3.39. The lowest BCUT2D eigenvalue weighted by Crippen LogP contribution is -2.11. The molecule has 0 amide bonds. The number of hydrogen-bond donors (Lipinski definition) is 2. The van der Waals surface area contributed by atoms with Crippen LogP contribution < -0.4 is 0 Å². The number of benzene rings is 2. The summed E-state index contributed by atoms with van der Waals surface area (Å²) in [5.41, 5.74) is 2.09. The van der Waals surface area contributed by atoms with Gasteiger partial charge < -0.3 is 14.9 Å². The van der Waals surface area contributed by atoms with Crippen LogP contribution in [0.4, 0.5) is 0 Å². The minimum atomic E-state index is -0.673. The molecular formula is C18H20O4. The molecule has 0 aliphatic carbocycles. The van der Waals surface area contributed by atoms with E-state index in [0.29, 0.717) is 0 Å². The SMILES string of the molecule is CC(C)(C)c1ccc(COC(=O)c2cc(O)ccc2O)cc1. The summed E-state index contributed by atoms with van der Waals surface area (Å²) >= 11 is 0. The molecule has 0 atom stereocenters. The van der Waals surface area contributed by atoms with Gasteiger partial charge in [0.05, 0.1) is 0 Å². The molecule has 22 heavy (non-hydrogen) atoms. The summed E-state index contributed by atoms with van der Waals surface area (Å²) in [4.78, 5) is 11.9. The van der Waals surface area contributed by atoms with Crippen LogP contribution in [-0.2, 0) is 16.8 Å². The zero-order valence-corrected chi connectivity index (χ0v) is 13.0. The Morgan fingerprint density at radius 1 is 1.05 bits per heavy atom. The molecule has 0 saturated heterocycles. The maximum Gasteiger partial charge on any atom is 0.342 e. The summed E-state index contributed by atoms with van der Waals surface area (Å²) < 4.78 is 5.17. The number of carbonyl (C=O) groups excluding carboxylic acids is 1. The van der Waals surface area contributed by atoms with E-state index in [2.05, 4.69) is 20.8 Å². The predicted octanol–water partition coefficient (Wildman–Crippen LogP) is 3.75. The average molecular weight is 300 g/mol. The Morgan fingerprint density at radius 2 is 1.68 bits per heavy atom. The summed E-state index contributed by atoms with van der Waals surface area (Å²) in [6.07, 6.45) is 0. The number of ether oxygens (including phenoxy) is 1. The van der Waals surface area contributed by atoms with Gasteiger partial charge in [-0.1, -0.05) is 45.0 Å². The van der Waals surface area contributed by atoms with Crippen LogP contribution in [0.3, 0.4) is 0 Å². The fourth-order valence-electron chi connectivity index (χ4n) is 2.02. The Balaban J connectivity index is 2.04. The Labute approximate surface area is 130 Å². The van der Waals surface area contributed by atoms with Gasteiger partial charge in [-0.2, -0.15) is 0 Å². The molecule has 0 aliphatic rings. The Kier molecular flexibility index (Phi) is 4.40. The van der Waals surface area contributed by atoms with Gasteiger partial charge in [-0.25, -0.2) is 4.79 Å². The van der Waals surface area contributed by atoms with E-state index >= 15 is 0 Å². The van der Waals surface area contributed by atoms with Gasteiger partial charge >= 0.3 is 5.97 Å². The quantitative estimate of drug-likeness (QED) is 0.669. The topological polar surface area (TPSA) is 66.8 Å². The number of carbonyl (C=O) groups is 1. The van der Waals surface area contributed by atoms with E-state index in [-0.39, 0.29) is 29.1 Å². The molecule has 116 valence electrons. The second-order valence-corrected chi connectivity index (χ2v) is 6.22. The standard InChI is InChI=1S/C18H20O4/c1-18(2,3)13-6-4-12(5-7-13)11-22-17(21)15-10-14(19)8-9-16(15)20/h4-10,19-20H,11H2,1-3H3. The van der Waals surface area contributed by atoms with Crippen LogP contribution in [0.1, 0.15) is 42.3 Å². The molecule has 0 fully saturated rings. The van der Waals surface area contributed by atoms with Gasteiger partial charge in [-0.15, -0.1) is 0 Å². The van der Waals surface area contributed by atoms with Crippen LogP contribution >= 0.6 is 0 Å². The highest BCUT2D eigenvalue weighted by Gasteiger charge is 2.15. The van der Waals surface area contributed by atoms with Gasteiger partial charge in [-0.3, -0.25) is 0 Å². The molecule has 0 aromatic heterocycles. The zero-order valence-electron chi connectivity index (χ0n) is 13.0. The van der Waals surface area contributed by atoms with Crippen molar-refractivity contribution in [1.29, 1.82) is 0 Å². The number of phenols is 2. The second-order valence-electron chi connectivity index (χ2n) is 6.22. The molecule has 0 saturated carbocycles. The molecule has 4 heteroatoms. The van der Waals surface area contributed by atoms with E-state index in [0.717, 1.165) is 5.56 Å². The lowest BCUT2D eigenvalue weighted by Gasteiger charge is -2.19. The molecule has 2 aromatic carbocycles. The predicted molar refractivity (Wildman–Crippen MR) is 84.0 cm³/mol. The fourth-order valence-corrected chi connectivity index (χ4v) is 2.02. The maximum atomic E-state index is 11.9. The largest absolute Gasteiger partial charge is 0.508 e. The van der Waals surface area contributed by atoms with E-state index in [1.165, 1.54) is 23.8 Å². The van der Waals surface area contributed by atoms with E-state index < -0.39 is 5.97 Å². The van der Waals surface area contributed by atoms with Crippen molar-refractivity contribution in [3.63, 3.8) is 0 Å². The van der Waals surface area contributed by atoms with Crippen molar-refractivity contribution in [2.75, 3.05) is 0 Å². The first kappa shape index (κ1) is 15.9. The van der Waals surface area contributed by atoms with Crippen LogP contribution in [-0.4, -0.2) is 16.2 Å². The zero-order chi connectivity index (χ0) is 16.3. The second kappa shape index (κ2) is 6.10. The number of phenolic OH excluding ortho intramolecular Hbond substituents is 2. The van der Waals surface area contributed by atoms with Crippen molar-refractivity contribution in [3.8, 4) is 11.5 Å². The van der Waals surface area contributed by atoms with E-state index in [4.69, 9.17) is 4.74 Å². The van der Waals surface area contributed by atoms with Crippen LogP contribution in [0.25, 0.3) is 0 Å². The van der Waals surface area contributed by atoms with Crippen molar-refractivity contribution in [3.05, 3.63) is 59.2 Å². The van der Waals surface area contributed by atoms with Crippen molar-refractivity contribution < 1.29 is 19.7 Å². The lowest BCUT2D eigenvalue weighted by molar-refractivity contribution is 0.0469.